The first-order chi connectivity index (χ1) is 13.9. The Balaban J connectivity index is 1.84. The highest BCUT2D eigenvalue weighted by atomic mass is 35.5. The number of carbonyl (C=O) groups excluding carboxylic acids is 3. The fraction of sp³-hybridized carbons (Fsp3) is 0.286. The standard InChI is InChI=1S/C21H22ClN3O3S/c1-3-24(4-2)21(28)14-9-10-18-17(11-14)25(20(27)13-29-18)12-19(26)23-16-8-6-5-7-15(16)22/h5-11H,3-4,12-13H2,1-2H3,(H,23,26). The highest BCUT2D eigenvalue weighted by Crippen LogP contribution is 2.36. The molecule has 0 aromatic heterocycles. The molecule has 6 nitrogen and oxygen atoms in total. The van der Waals surface area contributed by atoms with Gasteiger partial charge in [-0.15, -0.1) is 11.8 Å². The Bertz CT molecular complexity index is 947. The van der Waals surface area contributed by atoms with E-state index in [2.05, 4.69) is 5.32 Å². The molecular formula is C21H22ClN3O3S. The van der Waals surface area contributed by atoms with Crippen LogP contribution in [0.3, 0.4) is 0 Å². The number of para-hydroxylation sites is 1. The number of carbonyl (C=O) groups is 3. The summed E-state index contributed by atoms with van der Waals surface area (Å²) in [5, 5.41) is 3.16. The van der Waals surface area contributed by atoms with Crippen LogP contribution in [0, 0.1) is 0 Å². The molecule has 0 saturated heterocycles. The van der Waals surface area contributed by atoms with Crippen LogP contribution in [0.15, 0.2) is 47.4 Å². The van der Waals surface area contributed by atoms with E-state index in [-0.39, 0.29) is 30.0 Å². The number of hydrogen-bond donors (Lipinski definition) is 1. The third-order valence-corrected chi connectivity index (χ3v) is 6.03. The van der Waals surface area contributed by atoms with E-state index in [9.17, 15) is 14.4 Å². The normalized spacial score (nSPS) is 13.1. The lowest BCUT2D eigenvalue weighted by atomic mass is 10.1. The largest absolute Gasteiger partial charge is 0.339 e. The van der Waals surface area contributed by atoms with E-state index in [1.807, 2.05) is 19.9 Å². The number of thioether (sulfide) groups is 1. The van der Waals surface area contributed by atoms with E-state index in [1.165, 1.54) is 16.7 Å². The highest BCUT2D eigenvalue weighted by Gasteiger charge is 2.28. The number of halogens is 1. The van der Waals surface area contributed by atoms with Gasteiger partial charge in [0, 0.05) is 23.5 Å². The maximum absolute atomic E-state index is 12.7. The van der Waals surface area contributed by atoms with Gasteiger partial charge in [0.1, 0.15) is 6.54 Å². The fourth-order valence-electron chi connectivity index (χ4n) is 3.10. The molecule has 0 atom stereocenters. The molecule has 1 N–H and O–H groups in total. The number of nitrogens with zero attached hydrogens (tertiary/aromatic N) is 2. The van der Waals surface area contributed by atoms with E-state index in [4.69, 9.17) is 11.6 Å². The predicted molar refractivity (Wildman–Crippen MR) is 117 cm³/mol. The SMILES string of the molecule is CCN(CC)C(=O)c1ccc2c(c1)N(CC(=O)Nc1ccccc1Cl)C(=O)CS2. The minimum absolute atomic E-state index is 0.0960. The molecule has 3 amide bonds. The molecular weight excluding hydrogens is 410 g/mol. The Morgan fingerprint density at radius 2 is 1.90 bits per heavy atom. The molecule has 1 aliphatic rings. The zero-order chi connectivity index (χ0) is 21.0. The molecule has 0 spiro atoms. The third kappa shape index (κ3) is 4.74. The lowest BCUT2D eigenvalue weighted by Crippen LogP contribution is -2.41. The summed E-state index contributed by atoms with van der Waals surface area (Å²) in [6.45, 7) is 4.89. The average Bonchev–Trinajstić information content (AvgIpc) is 2.72. The van der Waals surface area contributed by atoms with Crippen molar-refractivity contribution in [2.45, 2.75) is 18.7 Å². The Hall–Kier alpha value is -2.51. The Kier molecular flexibility index (Phi) is 6.82. The molecule has 0 saturated carbocycles. The van der Waals surface area contributed by atoms with Crippen LogP contribution in [0.1, 0.15) is 24.2 Å². The molecule has 1 heterocycles. The first-order valence-corrected chi connectivity index (χ1v) is 10.7. The maximum atomic E-state index is 12.7. The Morgan fingerprint density at radius 3 is 2.59 bits per heavy atom. The summed E-state index contributed by atoms with van der Waals surface area (Å²) in [6, 6.07) is 12.2. The van der Waals surface area contributed by atoms with Crippen molar-refractivity contribution < 1.29 is 14.4 Å². The molecule has 3 rings (SSSR count). The summed E-state index contributed by atoms with van der Waals surface area (Å²) in [4.78, 5) is 41.8. The molecule has 8 heteroatoms. The van der Waals surface area contributed by atoms with E-state index < -0.39 is 0 Å². The molecule has 2 aromatic carbocycles. The van der Waals surface area contributed by atoms with Crippen LogP contribution in [0.5, 0.6) is 0 Å². The molecule has 1 aliphatic heterocycles. The Morgan fingerprint density at radius 1 is 1.17 bits per heavy atom. The van der Waals surface area contributed by atoms with Crippen molar-refractivity contribution in [1.29, 1.82) is 0 Å². The summed E-state index contributed by atoms with van der Waals surface area (Å²) in [5.41, 5.74) is 1.57. The van der Waals surface area contributed by atoms with E-state index >= 15 is 0 Å². The van der Waals surface area contributed by atoms with E-state index in [0.717, 1.165) is 4.90 Å². The van der Waals surface area contributed by atoms with Crippen LogP contribution >= 0.6 is 23.4 Å². The molecule has 29 heavy (non-hydrogen) atoms. The van der Waals surface area contributed by atoms with Crippen LogP contribution in [0.2, 0.25) is 5.02 Å². The molecule has 0 unspecified atom stereocenters. The average molecular weight is 432 g/mol. The molecule has 2 aromatic rings. The monoisotopic (exact) mass is 431 g/mol. The van der Waals surface area contributed by atoms with Crippen LogP contribution in [0.4, 0.5) is 11.4 Å². The van der Waals surface area contributed by atoms with Gasteiger partial charge >= 0.3 is 0 Å². The van der Waals surface area contributed by atoms with Crippen LogP contribution in [-0.4, -0.2) is 48.0 Å². The second-order valence-electron chi connectivity index (χ2n) is 6.46. The number of fused-ring (bicyclic) bond motifs is 1. The minimum atomic E-state index is -0.357. The first-order valence-electron chi connectivity index (χ1n) is 9.35. The van der Waals surface area contributed by atoms with Gasteiger partial charge in [-0.3, -0.25) is 14.4 Å². The lowest BCUT2D eigenvalue weighted by molar-refractivity contribution is -0.120. The third-order valence-electron chi connectivity index (χ3n) is 4.65. The summed E-state index contributed by atoms with van der Waals surface area (Å²) in [7, 11) is 0. The smallest absolute Gasteiger partial charge is 0.253 e. The number of nitrogens with one attached hydrogen (secondary N) is 1. The fourth-order valence-corrected chi connectivity index (χ4v) is 4.20. The van der Waals surface area contributed by atoms with Crippen molar-refractivity contribution in [2.24, 2.45) is 0 Å². The number of rotatable bonds is 6. The zero-order valence-electron chi connectivity index (χ0n) is 16.3. The van der Waals surface area contributed by atoms with Gasteiger partial charge in [-0.05, 0) is 44.2 Å². The number of anilines is 2. The number of benzene rings is 2. The summed E-state index contributed by atoms with van der Waals surface area (Å²) in [5.74, 6) is -0.384. The van der Waals surface area contributed by atoms with Gasteiger partial charge in [0.25, 0.3) is 5.91 Å². The lowest BCUT2D eigenvalue weighted by Gasteiger charge is -2.29. The van der Waals surface area contributed by atoms with Crippen LogP contribution in [-0.2, 0) is 9.59 Å². The van der Waals surface area contributed by atoms with Gasteiger partial charge in [0.15, 0.2) is 0 Å². The van der Waals surface area contributed by atoms with E-state index in [1.54, 1.807) is 41.3 Å². The van der Waals surface area contributed by atoms with Crippen LogP contribution in [0.25, 0.3) is 0 Å². The van der Waals surface area contributed by atoms with Crippen molar-refractivity contribution >= 4 is 52.5 Å². The first kappa shape index (κ1) is 21.2. The second kappa shape index (κ2) is 9.33. The molecule has 0 radical (unpaired) electrons. The molecule has 0 aliphatic carbocycles. The number of amides is 3. The van der Waals surface area contributed by atoms with Gasteiger partial charge in [0.2, 0.25) is 11.8 Å². The van der Waals surface area contributed by atoms with Crippen molar-refractivity contribution in [3.05, 3.63) is 53.1 Å². The van der Waals surface area contributed by atoms with Crippen molar-refractivity contribution in [3.63, 3.8) is 0 Å². The van der Waals surface area contributed by atoms with Crippen LogP contribution < -0.4 is 10.2 Å². The minimum Gasteiger partial charge on any atom is -0.339 e. The highest BCUT2D eigenvalue weighted by molar-refractivity contribution is 8.00. The zero-order valence-corrected chi connectivity index (χ0v) is 17.8. The topological polar surface area (TPSA) is 69.7 Å². The summed E-state index contributed by atoms with van der Waals surface area (Å²) >= 11 is 7.50. The van der Waals surface area contributed by atoms with Gasteiger partial charge in [-0.2, -0.15) is 0 Å². The predicted octanol–water partition coefficient (Wildman–Crippen LogP) is 3.90. The molecule has 152 valence electrons. The second-order valence-corrected chi connectivity index (χ2v) is 7.88. The molecule has 0 fully saturated rings. The maximum Gasteiger partial charge on any atom is 0.253 e. The molecule has 0 bridgehead atoms. The summed E-state index contributed by atoms with van der Waals surface area (Å²) in [6.07, 6.45) is 0. The summed E-state index contributed by atoms with van der Waals surface area (Å²) < 4.78 is 0. The van der Waals surface area contributed by atoms with E-state index in [0.29, 0.717) is 35.1 Å². The quantitative estimate of drug-likeness (QED) is 0.753. The van der Waals surface area contributed by atoms with Crippen molar-refractivity contribution in [3.8, 4) is 0 Å². The van der Waals surface area contributed by atoms with Gasteiger partial charge in [-0.25, -0.2) is 0 Å². The van der Waals surface area contributed by atoms with Crippen molar-refractivity contribution in [2.75, 3.05) is 35.6 Å². The van der Waals surface area contributed by atoms with Gasteiger partial charge in [0.05, 0.1) is 22.2 Å². The Labute approximate surface area is 179 Å². The van der Waals surface area contributed by atoms with Gasteiger partial charge < -0.3 is 15.1 Å². The van der Waals surface area contributed by atoms with Gasteiger partial charge in [-0.1, -0.05) is 23.7 Å². The number of hydrogen-bond acceptors (Lipinski definition) is 4. The van der Waals surface area contributed by atoms with Crippen molar-refractivity contribution in [1.82, 2.24) is 4.90 Å².